The van der Waals surface area contributed by atoms with E-state index in [1.807, 2.05) is 30.5 Å². The van der Waals surface area contributed by atoms with E-state index in [1.165, 1.54) is 11.3 Å². The van der Waals surface area contributed by atoms with E-state index in [0.717, 1.165) is 21.3 Å². The highest BCUT2D eigenvalue weighted by molar-refractivity contribution is 7.20. The molecule has 6 nitrogen and oxygen atoms in total. The maximum absolute atomic E-state index is 12.5. The molecule has 4 heterocycles. The highest BCUT2D eigenvalue weighted by atomic mass is 32.1. The van der Waals surface area contributed by atoms with Crippen LogP contribution in [-0.4, -0.2) is 35.3 Å². The third kappa shape index (κ3) is 3.65. The Morgan fingerprint density at radius 3 is 3.08 bits per heavy atom. The number of aromatic nitrogens is 2. The minimum Gasteiger partial charge on any atom is -0.379 e. The zero-order valence-corrected chi connectivity index (χ0v) is 15.2. The summed E-state index contributed by atoms with van der Waals surface area (Å²) in [6.07, 6.45) is 0.698. The maximum Gasteiger partial charge on any atom is 0.271 e. The van der Waals surface area contributed by atoms with E-state index in [1.54, 1.807) is 16.7 Å². The monoisotopic (exact) mass is 375 g/mol. The average molecular weight is 375 g/mol. The third-order valence-corrected chi connectivity index (χ3v) is 6.01. The van der Waals surface area contributed by atoms with Crippen LogP contribution in [-0.2, 0) is 11.2 Å². The van der Waals surface area contributed by atoms with Gasteiger partial charge in [-0.25, -0.2) is 4.98 Å². The van der Waals surface area contributed by atoms with Gasteiger partial charge in [0, 0.05) is 23.8 Å². The molecule has 3 aromatic rings. The second-order valence-corrected chi connectivity index (χ2v) is 7.84. The molecule has 0 spiro atoms. The molecule has 0 saturated carbocycles. The highest BCUT2D eigenvalue weighted by Gasteiger charge is 2.31. The molecule has 0 aromatic carbocycles. The van der Waals surface area contributed by atoms with Gasteiger partial charge < -0.3 is 14.6 Å². The Hall–Kier alpha value is -2.03. The minimum absolute atomic E-state index is 0.0511. The van der Waals surface area contributed by atoms with Gasteiger partial charge in [-0.15, -0.1) is 22.7 Å². The number of aryl methyl sites for hydroxylation is 1. The first-order valence-corrected chi connectivity index (χ1v) is 9.75. The predicted octanol–water partition coefficient (Wildman–Crippen LogP) is 3.16. The summed E-state index contributed by atoms with van der Waals surface area (Å²) in [6.45, 7) is 3.00. The van der Waals surface area contributed by atoms with Gasteiger partial charge in [-0.05, 0) is 18.4 Å². The van der Waals surface area contributed by atoms with E-state index in [9.17, 15) is 4.79 Å². The van der Waals surface area contributed by atoms with E-state index in [2.05, 4.69) is 15.5 Å². The van der Waals surface area contributed by atoms with Crippen molar-refractivity contribution in [3.8, 4) is 9.88 Å². The van der Waals surface area contributed by atoms with Crippen LogP contribution in [0.2, 0.25) is 0 Å². The largest absolute Gasteiger partial charge is 0.379 e. The summed E-state index contributed by atoms with van der Waals surface area (Å²) in [7, 11) is 0. The molecule has 0 radical (unpaired) electrons. The molecule has 0 aliphatic carbocycles. The molecular weight excluding hydrogens is 358 g/mol. The van der Waals surface area contributed by atoms with Gasteiger partial charge in [0.25, 0.3) is 5.91 Å². The van der Waals surface area contributed by atoms with Crippen molar-refractivity contribution in [2.24, 2.45) is 5.92 Å². The SMILES string of the molecule is Cc1cc(C[C@@H]2COC[C@@H]2NC(=O)c2csc(-c3cccs3)n2)on1. The zero-order chi connectivity index (χ0) is 17.2. The molecule has 1 fully saturated rings. The van der Waals surface area contributed by atoms with Crippen molar-refractivity contribution in [1.82, 2.24) is 15.5 Å². The Kier molecular flexibility index (Phi) is 4.65. The summed E-state index contributed by atoms with van der Waals surface area (Å²) in [5, 5.41) is 11.6. The van der Waals surface area contributed by atoms with Gasteiger partial charge in [-0.1, -0.05) is 11.2 Å². The van der Waals surface area contributed by atoms with Crippen molar-refractivity contribution in [3.63, 3.8) is 0 Å². The van der Waals surface area contributed by atoms with Crippen LogP contribution in [0.5, 0.6) is 0 Å². The summed E-state index contributed by atoms with van der Waals surface area (Å²) >= 11 is 3.10. The number of rotatable bonds is 5. The highest BCUT2D eigenvalue weighted by Crippen LogP contribution is 2.28. The van der Waals surface area contributed by atoms with Gasteiger partial charge in [-0.2, -0.15) is 0 Å². The third-order valence-electron chi connectivity index (χ3n) is 4.12. The molecule has 4 rings (SSSR count). The molecule has 3 aromatic heterocycles. The molecule has 1 aliphatic rings. The fraction of sp³-hybridized carbons (Fsp3) is 0.353. The lowest BCUT2D eigenvalue weighted by atomic mass is 9.98. The van der Waals surface area contributed by atoms with Crippen LogP contribution < -0.4 is 5.32 Å². The first-order chi connectivity index (χ1) is 12.2. The van der Waals surface area contributed by atoms with Gasteiger partial charge in [-0.3, -0.25) is 4.79 Å². The van der Waals surface area contributed by atoms with E-state index >= 15 is 0 Å². The van der Waals surface area contributed by atoms with Crippen LogP contribution in [0.4, 0.5) is 0 Å². The van der Waals surface area contributed by atoms with E-state index in [4.69, 9.17) is 9.26 Å². The van der Waals surface area contributed by atoms with Crippen LogP contribution in [0.25, 0.3) is 9.88 Å². The average Bonchev–Trinajstić information content (AvgIpc) is 3.34. The van der Waals surface area contributed by atoms with E-state index in [0.29, 0.717) is 25.3 Å². The molecule has 2 atom stereocenters. The normalized spacial score (nSPS) is 20.0. The fourth-order valence-corrected chi connectivity index (χ4v) is 4.48. The van der Waals surface area contributed by atoms with Gasteiger partial charge in [0.15, 0.2) is 0 Å². The number of carbonyl (C=O) groups excluding carboxylic acids is 1. The Morgan fingerprint density at radius 1 is 1.40 bits per heavy atom. The lowest BCUT2D eigenvalue weighted by Gasteiger charge is -2.17. The van der Waals surface area contributed by atoms with Crippen molar-refractivity contribution in [1.29, 1.82) is 0 Å². The molecular formula is C17H17N3O3S2. The summed E-state index contributed by atoms with van der Waals surface area (Å²) in [4.78, 5) is 18.1. The molecule has 0 unspecified atom stereocenters. The number of carbonyl (C=O) groups is 1. The van der Waals surface area contributed by atoms with Crippen LogP contribution in [0.1, 0.15) is 21.9 Å². The Morgan fingerprint density at radius 2 is 2.32 bits per heavy atom. The number of thiazole rings is 1. The first-order valence-electron chi connectivity index (χ1n) is 7.99. The molecule has 8 heteroatoms. The van der Waals surface area contributed by atoms with Crippen LogP contribution in [0.15, 0.2) is 33.5 Å². The zero-order valence-electron chi connectivity index (χ0n) is 13.6. The topological polar surface area (TPSA) is 77.2 Å². The quantitative estimate of drug-likeness (QED) is 0.741. The molecule has 1 amide bonds. The lowest BCUT2D eigenvalue weighted by Crippen LogP contribution is -2.40. The molecule has 0 bridgehead atoms. The summed E-state index contributed by atoms with van der Waals surface area (Å²) in [5.74, 6) is 0.834. The molecule has 130 valence electrons. The van der Waals surface area contributed by atoms with Crippen molar-refractivity contribution < 1.29 is 14.1 Å². The van der Waals surface area contributed by atoms with Crippen molar-refractivity contribution in [2.75, 3.05) is 13.2 Å². The smallest absolute Gasteiger partial charge is 0.271 e. The fourth-order valence-electron chi connectivity index (χ4n) is 2.86. The number of nitrogens with zero attached hydrogens (tertiary/aromatic N) is 2. The van der Waals surface area contributed by atoms with E-state index in [-0.39, 0.29) is 17.9 Å². The lowest BCUT2D eigenvalue weighted by molar-refractivity contribution is 0.0920. The Balaban J connectivity index is 1.41. The number of amides is 1. The van der Waals surface area contributed by atoms with Crippen LogP contribution in [0.3, 0.4) is 0 Å². The number of hydrogen-bond donors (Lipinski definition) is 1. The molecule has 1 N–H and O–H groups in total. The summed E-state index contributed by atoms with van der Waals surface area (Å²) in [6, 6.07) is 5.85. The van der Waals surface area contributed by atoms with Crippen molar-refractivity contribution in [2.45, 2.75) is 19.4 Å². The van der Waals surface area contributed by atoms with Crippen molar-refractivity contribution in [3.05, 3.63) is 46.1 Å². The predicted molar refractivity (Wildman–Crippen MR) is 95.9 cm³/mol. The number of ether oxygens (including phenoxy) is 1. The van der Waals surface area contributed by atoms with Gasteiger partial charge >= 0.3 is 0 Å². The van der Waals surface area contributed by atoms with E-state index < -0.39 is 0 Å². The second-order valence-electron chi connectivity index (χ2n) is 6.03. The Labute approximate surface area is 152 Å². The molecule has 1 aliphatic heterocycles. The second kappa shape index (κ2) is 7.07. The Bertz CT molecular complexity index is 856. The van der Waals surface area contributed by atoms with Crippen LogP contribution >= 0.6 is 22.7 Å². The van der Waals surface area contributed by atoms with Gasteiger partial charge in [0.2, 0.25) is 0 Å². The molecule has 25 heavy (non-hydrogen) atoms. The maximum atomic E-state index is 12.5. The summed E-state index contributed by atoms with van der Waals surface area (Å²) in [5.41, 5.74) is 1.31. The van der Waals surface area contributed by atoms with Gasteiger partial charge in [0.1, 0.15) is 16.5 Å². The minimum atomic E-state index is -0.159. The van der Waals surface area contributed by atoms with Crippen LogP contribution in [0, 0.1) is 12.8 Å². The molecule has 1 saturated heterocycles. The van der Waals surface area contributed by atoms with Crippen molar-refractivity contribution >= 4 is 28.6 Å². The number of thiophene rings is 1. The number of nitrogens with one attached hydrogen (secondary N) is 1. The first kappa shape index (κ1) is 16.4. The van der Waals surface area contributed by atoms with Gasteiger partial charge in [0.05, 0.1) is 29.8 Å². The summed E-state index contributed by atoms with van der Waals surface area (Å²) < 4.78 is 10.8. The number of hydrogen-bond acceptors (Lipinski definition) is 7. The standard InChI is InChI=1S/C17H17N3O3S2/c1-10-5-12(23-20-10)6-11-7-22-8-13(11)18-16(21)14-9-25-17(19-14)15-3-2-4-24-15/h2-5,9,11,13H,6-8H2,1H3,(H,18,21)/t11-,13+/m1/s1.